The van der Waals surface area contributed by atoms with Gasteiger partial charge in [-0.25, -0.2) is 0 Å². The van der Waals surface area contributed by atoms with Crippen LogP contribution >= 0.6 is 12.6 Å². The van der Waals surface area contributed by atoms with Gasteiger partial charge in [-0.05, 0) is 12.1 Å². The molecule has 1 atom stereocenters. The summed E-state index contributed by atoms with van der Waals surface area (Å²) in [5, 5.41) is 8.47. The predicted octanol–water partition coefficient (Wildman–Crippen LogP) is 3.31. The van der Waals surface area contributed by atoms with Gasteiger partial charge in [0.05, 0.1) is 0 Å². The molecule has 0 saturated heterocycles. The second-order valence-electron chi connectivity index (χ2n) is 4.44. The molecule has 1 unspecified atom stereocenters. The van der Waals surface area contributed by atoms with Crippen molar-refractivity contribution in [2.45, 2.75) is 11.2 Å². The smallest absolute Gasteiger partial charge is 0.317 e. The summed E-state index contributed by atoms with van der Waals surface area (Å²) in [5.41, 5.74) is 1.73. The minimum atomic E-state index is -0.931. The predicted molar refractivity (Wildman–Crippen MR) is 75.2 cm³/mol. The Hall–Kier alpha value is -1.94. The van der Waals surface area contributed by atoms with E-state index >= 15 is 0 Å². The summed E-state index contributed by atoms with van der Waals surface area (Å²) in [7, 11) is 0. The van der Waals surface area contributed by atoms with Gasteiger partial charge in [-0.1, -0.05) is 36.4 Å². The maximum Gasteiger partial charge on any atom is 0.317 e. The zero-order valence-corrected chi connectivity index (χ0v) is 10.9. The van der Waals surface area contributed by atoms with Gasteiger partial charge in [0.2, 0.25) is 0 Å². The van der Waals surface area contributed by atoms with Gasteiger partial charge in [-0.3, -0.25) is 4.79 Å². The molecule has 19 heavy (non-hydrogen) atoms. The molecule has 0 fully saturated rings. The molecule has 4 heteroatoms. The number of carbonyl (C=O) groups is 1. The third kappa shape index (κ3) is 1.98. The molecule has 2 aromatic rings. The van der Waals surface area contributed by atoms with E-state index in [0.717, 1.165) is 11.1 Å². The number of carboxylic acids is 1. The number of aliphatic carboxylic acids is 1. The van der Waals surface area contributed by atoms with Crippen molar-refractivity contribution in [3.05, 3.63) is 59.7 Å². The van der Waals surface area contributed by atoms with Crippen LogP contribution in [0.3, 0.4) is 0 Å². The maximum absolute atomic E-state index is 11.3. The Bertz CT molecular complexity index is 593. The molecule has 0 aliphatic carbocycles. The van der Waals surface area contributed by atoms with Crippen molar-refractivity contribution in [1.82, 2.24) is 0 Å². The van der Waals surface area contributed by atoms with Crippen molar-refractivity contribution in [2.24, 2.45) is 0 Å². The van der Waals surface area contributed by atoms with E-state index in [1.165, 1.54) is 0 Å². The number of hydrogen-bond donors (Lipinski definition) is 2. The number of carboxylic acid groups (broad SMARTS) is 1. The first-order valence-electron chi connectivity index (χ1n) is 5.95. The summed E-state index contributed by atoms with van der Waals surface area (Å²) in [6.45, 7) is 0. The van der Waals surface area contributed by atoms with Crippen LogP contribution in [0.5, 0.6) is 11.5 Å². The van der Waals surface area contributed by atoms with E-state index in [9.17, 15) is 9.90 Å². The normalized spacial score (nSPS) is 15.0. The van der Waals surface area contributed by atoms with Crippen molar-refractivity contribution in [3.8, 4) is 11.5 Å². The van der Waals surface area contributed by atoms with Crippen molar-refractivity contribution in [1.29, 1.82) is 0 Å². The molecule has 0 saturated carbocycles. The molecule has 2 aromatic carbocycles. The standard InChI is InChI=1S/C15H12O3S/c16-15(17)14(19)13-9-5-1-3-7-11(9)18-12-8-4-2-6-10(12)13/h1-8,13-14,19H,(H,16,17). The second-order valence-corrected chi connectivity index (χ2v) is 4.99. The average Bonchev–Trinajstić information content (AvgIpc) is 2.43. The van der Waals surface area contributed by atoms with Crippen LogP contribution in [0, 0.1) is 0 Å². The van der Waals surface area contributed by atoms with Crippen molar-refractivity contribution in [2.75, 3.05) is 0 Å². The fourth-order valence-electron chi connectivity index (χ4n) is 2.43. The highest BCUT2D eigenvalue weighted by Crippen LogP contribution is 2.46. The summed E-state index contributed by atoms with van der Waals surface area (Å²) >= 11 is 4.26. The maximum atomic E-state index is 11.3. The van der Waals surface area contributed by atoms with E-state index in [4.69, 9.17) is 4.74 Å². The lowest BCUT2D eigenvalue weighted by atomic mass is 9.85. The van der Waals surface area contributed by atoms with Crippen LogP contribution in [0.25, 0.3) is 0 Å². The number of para-hydroxylation sites is 2. The summed E-state index contributed by atoms with van der Waals surface area (Å²) in [5.74, 6) is 0.167. The van der Waals surface area contributed by atoms with Crippen molar-refractivity contribution in [3.63, 3.8) is 0 Å². The van der Waals surface area contributed by atoms with Gasteiger partial charge in [-0.2, -0.15) is 12.6 Å². The number of thiol groups is 1. The van der Waals surface area contributed by atoms with E-state index in [0.29, 0.717) is 11.5 Å². The minimum absolute atomic E-state index is 0.304. The molecule has 0 bridgehead atoms. The molecule has 0 spiro atoms. The first kappa shape index (κ1) is 12.1. The molecule has 1 aliphatic heterocycles. The third-order valence-corrected chi connectivity index (χ3v) is 3.82. The fourth-order valence-corrected chi connectivity index (χ4v) is 2.75. The van der Waals surface area contributed by atoms with E-state index in [2.05, 4.69) is 12.6 Å². The van der Waals surface area contributed by atoms with Gasteiger partial charge in [0.25, 0.3) is 0 Å². The Morgan fingerprint density at radius 1 is 1.05 bits per heavy atom. The highest BCUT2D eigenvalue weighted by molar-refractivity contribution is 7.81. The molecule has 1 aliphatic rings. The number of ether oxygens (including phenoxy) is 1. The van der Waals surface area contributed by atoms with Crippen LogP contribution < -0.4 is 4.74 Å². The van der Waals surface area contributed by atoms with Crippen LogP contribution in [-0.4, -0.2) is 16.3 Å². The molecule has 0 aromatic heterocycles. The topological polar surface area (TPSA) is 46.5 Å². The highest BCUT2D eigenvalue weighted by atomic mass is 32.1. The first-order chi connectivity index (χ1) is 9.18. The fraction of sp³-hybridized carbons (Fsp3) is 0.133. The Morgan fingerprint density at radius 3 is 2.00 bits per heavy atom. The van der Waals surface area contributed by atoms with E-state index in [1.54, 1.807) is 0 Å². The summed E-state index contributed by atoms with van der Waals surface area (Å²) in [6, 6.07) is 15.0. The van der Waals surface area contributed by atoms with Gasteiger partial charge < -0.3 is 9.84 Å². The quantitative estimate of drug-likeness (QED) is 0.824. The van der Waals surface area contributed by atoms with Gasteiger partial charge in [-0.15, -0.1) is 0 Å². The lowest BCUT2D eigenvalue weighted by Gasteiger charge is -2.29. The molecule has 1 N–H and O–H groups in total. The number of hydrogen-bond acceptors (Lipinski definition) is 3. The summed E-state index contributed by atoms with van der Waals surface area (Å²) < 4.78 is 5.81. The van der Waals surface area contributed by atoms with Crippen LogP contribution in [0.4, 0.5) is 0 Å². The molecule has 3 rings (SSSR count). The minimum Gasteiger partial charge on any atom is -0.480 e. The summed E-state index contributed by atoms with van der Waals surface area (Å²) in [6.07, 6.45) is 0. The number of rotatable bonds is 2. The third-order valence-electron chi connectivity index (χ3n) is 3.30. The number of fused-ring (bicyclic) bond motifs is 2. The zero-order chi connectivity index (χ0) is 13.4. The van der Waals surface area contributed by atoms with Gasteiger partial charge >= 0.3 is 5.97 Å². The first-order valence-corrected chi connectivity index (χ1v) is 6.46. The van der Waals surface area contributed by atoms with E-state index in [1.807, 2.05) is 48.5 Å². The highest BCUT2D eigenvalue weighted by Gasteiger charge is 2.34. The molecular formula is C15H12O3S. The lowest BCUT2D eigenvalue weighted by Crippen LogP contribution is -2.26. The Balaban J connectivity index is 2.19. The average molecular weight is 272 g/mol. The van der Waals surface area contributed by atoms with Crippen LogP contribution in [-0.2, 0) is 4.79 Å². The van der Waals surface area contributed by atoms with Gasteiger partial charge in [0, 0.05) is 17.0 Å². The zero-order valence-electron chi connectivity index (χ0n) is 9.98. The van der Waals surface area contributed by atoms with Crippen LogP contribution in [0.15, 0.2) is 48.5 Å². The van der Waals surface area contributed by atoms with E-state index in [-0.39, 0.29) is 5.92 Å². The van der Waals surface area contributed by atoms with Crippen molar-refractivity contribution >= 4 is 18.6 Å². The molecule has 0 amide bonds. The van der Waals surface area contributed by atoms with E-state index < -0.39 is 11.2 Å². The Kier molecular flexibility index (Phi) is 2.95. The molecule has 3 nitrogen and oxygen atoms in total. The molecule has 96 valence electrons. The molecular weight excluding hydrogens is 260 g/mol. The summed E-state index contributed by atoms with van der Waals surface area (Å²) in [4.78, 5) is 11.3. The van der Waals surface area contributed by atoms with Crippen molar-refractivity contribution < 1.29 is 14.6 Å². The Morgan fingerprint density at radius 2 is 1.53 bits per heavy atom. The van der Waals surface area contributed by atoms with Gasteiger partial charge in [0.15, 0.2) is 0 Å². The molecule has 1 heterocycles. The van der Waals surface area contributed by atoms with Crippen LogP contribution in [0.1, 0.15) is 17.0 Å². The lowest BCUT2D eigenvalue weighted by molar-refractivity contribution is -0.136. The van der Waals surface area contributed by atoms with Crippen LogP contribution in [0.2, 0.25) is 0 Å². The largest absolute Gasteiger partial charge is 0.480 e. The Labute approximate surface area is 116 Å². The monoisotopic (exact) mass is 272 g/mol. The second kappa shape index (κ2) is 4.63. The molecule has 0 radical (unpaired) electrons. The SMILES string of the molecule is O=C(O)C(S)C1c2ccccc2Oc2ccccc21. The van der Waals surface area contributed by atoms with Gasteiger partial charge in [0.1, 0.15) is 16.7 Å². The number of benzene rings is 2.